The summed E-state index contributed by atoms with van der Waals surface area (Å²) in [6.07, 6.45) is -1.23. The van der Waals surface area contributed by atoms with Gasteiger partial charge in [-0.3, -0.25) is 0 Å². The molecule has 0 amide bonds. The first-order valence-electron chi connectivity index (χ1n) is 6.05. The van der Waals surface area contributed by atoms with Gasteiger partial charge in [0.2, 0.25) is 0 Å². The first kappa shape index (κ1) is 12.6. The number of aliphatic hydroxyl groups is 2. The maximum absolute atomic E-state index is 11.1. The van der Waals surface area contributed by atoms with Crippen molar-refractivity contribution in [1.82, 2.24) is 9.97 Å². The zero-order valence-electron chi connectivity index (χ0n) is 10.4. The molecule has 6 nitrogen and oxygen atoms in total. The number of benzene rings is 1. The van der Waals surface area contributed by atoms with Crippen molar-refractivity contribution in [3.8, 4) is 0 Å². The monoisotopic (exact) mass is 272 g/mol. The third-order valence-corrected chi connectivity index (χ3v) is 3.23. The smallest absolute Gasteiger partial charge is 0.354 e. The summed E-state index contributed by atoms with van der Waals surface area (Å²) in [5.41, 5.74) is 1.33. The van der Waals surface area contributed by atoms with E-state index < -0.39 is 18.7 Å². The molecular weight excluding hydrogens is 260 g/mol. The number of aromatic carboxylic acids is 1. The number of nitrogens with zero attached hydrogens (tertiary/aromatic N) is 1. The number of nitrogens with one attached hydrogen (secondary N) is 1. The summed E-state index contributed by atoms with van der Waals surface area (Å²) in [5.74, 6) is -1.18. The molecule has 0 radical (unpaired) electrons. The van der Waals surface area contributed by atoms with Crippen LogP contribution in [0.1, 0.15) is 22.3 Å². The van der Waals surface area contributed by atoms with Crippen molar-refractivity contribution < 1.29 is 20.1 Å². The van der Waals surface area contributed by atoms with E-state index in [1.54, 1.807) is 0 Å². The number of carbonyl (C=O) groups is 1. The van der Waals surface area contributed by atoms with Gasteiger partial charge in [0.05, 0.1) is 17.8 Å². The summed E-state index contributed by atoms with van der Waals surface area (Å²) in [7, 11) is 0. The van der Waals surface area contributed by atoms with Crippen LogP contribution in [-0.2, 0) is 0 Å². The van der Waals surface area contributed by atoms with Gasteiger partial charge in [-0.15, -0.1) is 0 Å². The number of carboxylic acid groups (broad SMARTS) is 1. The lowest BCUT2D eigenvalue weighted by Gasteiger charge is -2.09. The number of aromatic amines is 1. The van der Waals surface area contributed by atoms with Crippen molar-refractivity contribution in [3.63, 3.8) is 0 Å². The molecule has 0 aliphatic carbocycles. The molecule has 1 atom stereocenters. The minimum Gasteiger partial charge on any atom is -0.477 e. The van der Waals surface area contributed by atoms with Gasteiger partial charge >= 0.3 is 5.97 Å². The molecule has 2 aromatic heterocycles. The van der Waals surface area contributed by atoms with Crippen LogP contribution in [0, 0.1) is 0 Å². The molecular formula is C14H12N2O4. The van der Waals surface area contributed by atoms with E-state index in [0.717, 1.165) is 10.9 Å². The Morgan fingerprint density at radius 3 is 2.75 bits per heavy atom. The van der Waals surface area contributed by atoms with Gasteiger partial charge in [-0.05, 0) is 12.1 Å². The second kappa shape index (κ2) is 4.59. The Hall–Kier alpha value is -2.44. The fourth-order valence-electron chi connectivity index (χ4n) is 2.31. The van der Waals surface area contributed by atoms with Gasteiger partial charge in [0.1, 0.15) is 11.8 Å². The first-order chi connectivity index (χ1) is 9.61. The predicted octanol–water partition coefficient (Wildman–Crippen LogP) is 1.44. The van der Waals surface area contributed by atoms with E-state index in [0.29, 0.717) is 10.9 Å². The molecule has 2 heterocycles. The van der Waals surface area contributed by atoms with Crippen LogP contribution >= 0.6 is 0 Å². The Bertz CT molecular complexity index is 809. The van der Waals surface area contributed by atoms with Gasteiger partial charge in [0.25, 0.3) is 0 Å². The van der Waals surface area contributed by atoms with Gasteiger partial charge in [-0.2, -0.15) is 0 Å². The van der Waals surface area contributed by atoms with Crippen LogP contribution in [0.3, 0.4) is 0 Å². The Labute approximate surface area is 113 Å². The van der Waals surface area contributed by atoms with Gasteiger partial charge in [0.15, 0.2) is 0 Å². The van der Waals surface area contributed by atoms with Crippen LogP contribution in [0.15, 0.2) is 30.3 Å². The number of carboxylic acids is 1. The number of aromatic nitrogens is 2. The number of H-pyrrole nitrogens is 1. The second-order valence-electron chi connectivity index (χ2n) is 4.49. The second-order valence-corrected chi connectivity index (χ2v) is 4.49. The van der Waals surface area contributed by atoms with E-state index in [1.807, 2.05) is 24.3 Å². The molecule has 0 fully saturated rings. The first-order valence-corrected chi connectivity index (χ1v) is 6.05. The summed E-state index contributed by atoms with van der Waals surface area (Å²) in [5, 5.41) is 29.6. The van der Waals surface area contributed by atoms with Crippen molar-refractivity contribution in [2.24, 2.45) is 0 Å². The summed E-state index contributed by atoms with van der Waals surface area (Å²) < 4.78 is 0. The van der Waals surface area contributed by atoms with Crippen LogP contribution in [-0.4, -0.2) is 37.9 Å². The van der Waals surface area contributed by atoms with E-state index in [-0.39, 0.29) is 11.4 Å². The number of pyridine rings is 1. The van der Waals surface area contributed by atoms with Gasteiger partial charge in [-0.25, -0.2) is 9.78 Å². The fourth-order valence-corrected chi connectivity index (χ4v) is 2.31. The Balaban J connectivity index is 2.43. The fraction of sp³-hybridized carbons (Fsp3) is 0.143. The Kier molecular flexibility index (Phi) is 2.89. The summed E-state index contributed by atoms with van der Waals surface area (Å²) in [4.78, 5) is 18.2. The molecule has 3 rings (SSSR count). The quantitative estimate of drug-likeness (QED) is 0.577. The van der Waals surface area contributed by atoms with Crippen molar-refractivity contribution in [1.29, 1.82) is 0 Å². The molecule has 0 saturated heterocycles. The van der Waals surface area contributed by atoms with Crippen molar-refractivity contribution in [2.75, 3.05) is 6.61 Å². The Morgan fingerprint density at radius 2 is 2.05 bits per heavy atom. The maximum Gasteiger partial charge on any atom is 0.354 e. The van der Waals surface area contributed by atoms with Crippen LogP contribution in [0.2, 0.25) is 0 Å². The molecule has 20 heavy (non-hydrogen) atoms. The lowest BCUT2D eigenvalue weighted by atomic mass is 10.1. The number of hydrogen-bond donors (Lipinski definition) is 4. The van der Waals surface area contributed by atoms with Gasteiger partial charge < -0.3 is 20.3 Å². The highest BCUT2D eigenvalue weighted by atomic mass is 16.4. The van der Waals surface area contributed by atoms with E-state index in [2.05, 4.69) is 9.97 Å². The molecule has 0 aliphatic rings. The van der Waals surface area contributed by atoms with E-state index >= 15 is 0 Å². The standard InChI is InChI=1S/C14H12N2O4/c17-6-11(18)13-12-8(5-10(16-13)14(19)20)7-3-1-2-4-9(7)15-12/h1-5,11,15,17-18H,6H2,(H,19,20)/t11-/m1/s1. The lowest BCUT2D eigenvalue weighted by molar-refractivity contribution is 0.0686. The molecule has 0 unspecified atom stereocenters. The SMILES string of the molecule is O=C(O)c1cc2c([nH]c3ccccc32)c([C@H](O)CO)n1. The third kappa shape index (κ3) is 1.82. The number of rotatable bonds is 3. The van der Waals surface area contributed by atoms with E-state index in [4.69, 9.17) is 10.2 Å². The summed E-state index contributed by atoms with van der Waals surface area (Å²) in [6, 6.07) is 8.87. The highest BCUT2D eigenvalue weighted by molar-refractivity contribution is 6.09. The number of para-hydroxylation sites is 1. The normalized spacial score (nSPS) is 12.9. The minimum absolute atomic E-state index is 0.138. The van der Waals surface area contributed by atoms with Crippen molar-refractivity contribution in [2.45, 2.75) is 6.10 Å². The van der Waals surface area contributed by atoms with Gasteiger partial charge in [0, 0.05) is 16.3 Å². The van der Waals surface area contributed by atoms with E-state index in [9.17, 15) is 9.90 Å². The zero-order valence-corrected chi connectivity index (χ0v) is 10.4. The molecule has 102 valence electrons. The topological polar surface area (TPSA) is 106 Å². The molecule has 3 aromatic rings. The molecule has 6 heteroatoms. The van der Waals surface area contributed by atoms with Crippen LogP contribution in [0.5, 0.6) is 0 Å². The molecule has 1 aromatic carbocycles. The average Bonchev–Trinajstić information content (AvgIpc) is 2.84. The third-order valence-electron chi connectivity index (χ3n) is 3.23. The Morgan fingerprint density at radius 1 is 1.30 bits per heavy atom. The molecule has 0 bridgehead atoms. The highest BCUT2D eigenvalue weighted by Gasteiger charge is 2.19. The van der Waals surface area contributed by atoms with Gasteiger partial charge in [-0.1, -0.05) is 18.2 Å². The van der Waals surface area contributed by atoms with Crippen LogP contribution in [0.25, 0.3) is 21.8 Å². The zero-order chi connectivity index (χ0) is 14.3. The van der Waals surface area contributed by atoms with Crippen LogP contribution in [0.4, 0.5) is 0 Å². The molecule has 4 N–H and O–H groups in total. The van der Waals surface area contributed by atoms with Crippen molar-refractivity contribution in [3.05, 3.63) is 41.7 Å². The van der Waals surface area contributed by atoms with Crippen molar-refractivity contribution >= 4 is 27.8 Å². The number of aliphatic hydroxyl groups excluding tert-OH is 2. The number of hydrogen-bond acceptors (Lipinski definition) is 4. The molecule has 0 aliphatic heterocycles. The predicted molar refractivity (Wildman–Crippen MR) is 72.6 cm³/mol. The maximum atomic E-state index is 11.1. The van der Waals surface area contributed by atoms with E-state index in [1.165, 1.54) is 6.07 Å². The molecule has 0 spiro atoms. The lowest BCUT2D eigenvalue weighted by Crippen LogP contribution is -2.10. The summed E-state index contributed by atoms with van der Waals surface area (Å²) in [6.45, 7) is -0.527. The minimum atomic E-state index is -1.23. The summed E-state index contributed by atoms with van der Waals surface area (Å²) >= 11 is 0. The van der Waals surface area contributed by atoms with Crippen LogP contribution < -0.4 is 0 Å². The number of fused-ring (bicyclic) bond motifs is 3. The molecule has 0 saturated carbocycles. The average molecular weight is 272 g/mol. The highest BCUT2D eigenvalue weighted by Crippen LogP contribution is 2.30. The largest absolute Gasteiger partial charge is 0.477 e.